The van der Waals surface area contributed by atoms with Gasteiger partial charge < -0.3 is 10.4 Å². The summed E-state index contributed by atoms with van der Waals surface area (Å²) in [6.07, 6.45) is 1.12. The lowest BCUT2D eigenvalue weighted by molar-refractivity contribution is -0.137. The van der Waals surface area contributed by atoms with Gasteiger partial charge in [-0.1, -0.05) is 0 Å². The highest BCUT2D eigenvalue weighted by Gasteiger charge is 1.90. The lowest BCUT2D eigenvalue weighted by Gasteiger charge is -2.21. The number of rotatable bonds is 7. The molecule has 0 spiro atoms. The van der Waals surface area contributed by atoms with Crippen molar-refractivity contribution in [1.29, 1.82) is 0 Å². The number of hydrogen-bond donors (Lipinski definition) is 2. The zero-order valence-electron chi connectivity index (χ0n) is 6.51. The van der Waals surface area contributed by atoms with Gasteiger partial charge in [0.25, 0.3) is 0 Å². The number of unbranched alkanes of at least 4 members (excludes halogenated alkanes) is 1. The van der Waals surface area contributed by atoms with Crippen molar-refractivity contribution in [1.82, 2.24) is 10.7 Å². The van der Waals surface area contributed by atoms with Crippen LogP contribution in [-0.4, -0.2) is 23.9 Å². The Morgan fingerprint density at radius 1 is 0.917 bits per heavy atom. The first kappa shape index (κ1) is 11.7. The van der Waals surface area contributed by atoms with Crippen LogP contribution in [0, 0.1) is 10.4 Å². The average molecular weight is 180 g/mol. The fourth-order valence-electron chi connectivity index (χ4n) is 0.513. The molecule has 0 aliphatic rings. The first-order valence-electron chi connectivity index (χ1n) is 3.32. The molecule has 0 aliphatic heterocycles. The van der Waals surface area contributed by atoms with Crippen molar-refractivity contribution in [3.8, 4) is 0 Å². The van der Waals surface area contributed by atoms with E-state index in [-0.39, 0.29) is 23.9 Å². The van der Waals surface area contributed by atoms with Crippen LogP contribution in [0.5, 0.6) is 0 Å². The van der Waals surface area contributed by atoms with Crippen LogP contribution in [0.15, 0.2) is 0 Å². The van der Waals surface area contributed by atoms with E-state index in [0.29, 0.717) is 12.8 Å². The molecule has 8 heteroatoms. The van der Waals surface area contributed by atoms with Gasteiger partial charge in [-0.2, -0.15) is 10.7 Å². The Morgan fingerprint density at radius 2 is 1.25 bits per heavy atom. The number of nitrogens with two attached hydrogens (primary N) is 2. The highest BCUT2D eigenvalue weighted by Crippen LogP contribution is 1.92. The van der Waals surface area contributed by atoms with Gasteiger partial charge >= 0.3 is 0 Å². The zero-order chi connectivity index (χ0) is 9.40. The van der Waals surface area contributed by atoms with Crippen molar-refractivity contribution in [2.24, 2.45) is 11.7 Å². The molecule has 12 heavy (non-hydrogen) atoms. The van der Waals surface area contributed by atoms with E-state index < -0.39 is 0 Å². The molecule has 74 valence electrons. The molecule has 0 amide bonds. The maximum Gasteiger partial charge on any atom is 0.0690 e. The predicted molar refractivity (Wildman–Crippen MR) is 39.9 cm³/mol. The van der Waals surface area contributed by atoms with Gasteiger partial charge in [0.2, 0.25) is 0 Å². The van der Waals surface area contributed by atoms with Crippen molar-refractivity contribution in [3.05, 3.63) is 10.4 Å². The van der Waals surface area contributed by atoms with E-state index in [2.05, 4.69) is 21.4 Å². The summed E-state index contributed by atoms with van der Waals surface area (Å²) >= 11 is 0. The molecule has 0 atom stereocenters. The Hall–Kier alpha value is -0.320. The number of hydrazine groups is 2. The summed E-state index contributed by atoms with van der Waals surface area (Å²) in [4.78, 5) is 8.65. The smallest absolute Gasteiger partial charge is 0.0690 e. The Bertz CT molecular complexity index is 89.1. The predicted octanol–water partition coefficient (Wildman–Crippen LogP) is -1.02. The van der Waals surface area contributed by atoms with Gasteiger partial charge in [-0.3, -0.25) is 21.4 Å². The molecule has 0 saturated heterocycles. The Balaban J connectivity index is 2.91. The summed E-state index contributed by atoms with van der Waals surface area (Å²) in [6, 6.07) is 0. The van der Waals surface area contributed by atoms with Crippen molar-refractivity contribution in [3.63, 3.8) is 0 Å². The Morgan fingerprint density at radius 3 is 1.50 bits per heavy atom. The molecule has 0 saturated carbocycles. The molecule has 8 nitrogen and oxygen atoms in total. The molecule has 0 bridgehead atoms. The van der Waals surface area contributed by atoms with Crippen LogP contribution in [0.1, 0.15) is 12.8 Å². The van der Waals surface area contributed by atoms with E-state index in [9.17, 15) is 10.4 Å². The lowest BCUT2D eigenvalue weighted by atomic mass is 10.3. The first-order valence-corrected chi connectivity index (χ1v) is 3.32. The van der Waals surface area contributed by atoms with E-state index in [4.69, 9.17) is 0 Å². The van der Waals surface area contributed by atoms with Gasteiger partial charge in [0, 0.05) is 0 Å². The minimum absolute atomic E-state index is 0.121. The van der Waals surface area contributed by atoms with E-state index in [1.54, 1.807) is 0 Å². The monoisotopic (exact) mass is 180 g/mol. The molecule has 0 unspecified atom stereocenters. The van der Waals surface area contributed by atoms with Gasteiger partial charge in [-0.05, 0) is 12.8 Å². The first-order chi connectivity index (χ1) is 5.63. The summed E-state index contributed by atoms with van der Waals surface area (Å²) in [5, 5.41) is 19.7. The second kappa shape index (κ2) is 7.34. The molecular formula is C4H12N4O4-2. The Kier molecular flexibility index (Phi) is 7.14. The van der Waals surface area contributed by atoms with Crippen LogP contribution in [0.2, 0.25) is 0 Å². The molecule has 0 aromatic heterocycles. The summed E-state index contributed by atoms with van der Waals surface area (Å²) in [7, 11) is 0. The standard InChI is InChI=1S/C4H12N4O4/c5-7(9)11-3-1-2-4-12-8(6)10/h1-6H2/q-2. The minimum atomic E-state index is -0.121. The third kappa shape index (κ3) is 9.68. The maximum atomic E-state index is 9.95. The van der Waals surface area contributed by atoms with Crippen molar-refractivity contribution >= 4 is 0 Å². The van der Waals surface area contributed by atoms with Crippen LogP contribution in [-0.2, 0) is 9.68 Å². The summed E-state index contributed by atoms with van der Waals surface area (Å²) in [5.41, 5.74) is 0. The largest absolute Gasteiger partial charge is 0.748 e. The van der Waals surface area contributed by atoms with Crippen LogP contribution in [0.4, 0.5) is 0 Å². The van der Waals surface area contributed by atoms with Crippen molar-refractivity contribution in [2.45, 2.75) is 12.8 Å². The molecule has 0 heterocycles. The summed E-state index contributed by atoms with van der Waals surface area (Å²) in [6.45, 7) is 0.375. The molecule has 0 fully saturated rings. The normalized spacial score (nSPS) is 11.5. The summed E-state index contributed by atoms with van der Waals surface area (Å²) < 4.78 is 0. The fraction of sp³-hybridized carbons (Fsp3) is 1.00. The molecule has 0 aromatic rings. The molecule has 0 aliphatic carbocycles. The SMILES string of the molecule is NN([O-])OCCCCON(N)[O-]. The third-order valence-corrected chi connectivity index (χ3v) is 0.976. The molecule has 0 aromatic carbocycles. The minimum Gasteiger partial charge on any atom is -0.748 e. The van der Waals surface area contributed by atoms with Crippen molar-refractivity contribution in [2.75, 3.05) is 13.2 Å². The van der Waals surface area contributed by atoms with Gasteiger partial charge in [0.05, 0.1) is 13.2 Å². The molecule has 0 rings (SSSR count). The number of nitrogens with zero attached hydrogens (tertiary/aromatic N) is 2. The third-order valence-electron chi connectivity index (χ3n) is 0.976. The van der Waals surface area contributed by atoms with Crippen molar-refractivity contribution < 1.29 is 9.68 Å². The summed E-state index contributed by atoms with van der Waals surface area (Å²) in [5.74, 6) is 9.20. The van der Waals surface area contributed by atoms with E-state index >= 15 is 0 Å². The Labute approximate surface area is 69.6 Å². The maximum absolute atomic E-state index is 9.95. The van der Waals surface area contributed by atoms with Gasteiger partial charge in [0.15, 0.2) is 0 Å². The van der Waals surface area contributed by atoms with Crippen LogP contribution < -0.4 is 11.7 Å². The lowest BCUT2D eigenvalue weighted by Crippen LogP contribution is -2.26. The fourth-order valence-corrected chi connectivity index (χ4v) is 0.513. The van der Waals surface area contributed by atoms with Crippen LogP contribution in [0.25, 0.3) is 0 Å². The highest BCUT2D eigenvalue weighted by atomic mass is 16.9. The van der Waals surface area contributed by atoms with E-state index in [0.717, 1.165) is 0 Å². The number of hydrogen-bond acceptors (Lipinski definition) is 8. The van der Waals surface area contributed by atoms with Crippen LogP contribution in [0.3, 0.4) is 0 Å². The van der Waals surface area contributed by atoms with Gasteiger partial charge in [0.1, 0.15) is 0 Å². The van der Waals surface area contributed by atoms with Gasteiger partial charge in [-0.25, -0.2) is 0 Å². The average Bonchev–Trinajstić information content (AvgIpc) is 1.95. The molecule has 0 radical (unpaired) electrons. The van der Waals surface area contributed by atoms with Gasteiger partial charge in [-0.15, -0.1) is 0 Å². The zero-order valence-corrected chi connectivity index (χ0v) is 6.51. The second-order valence-electron chi connectivity index (χ2n) is 1.94. The topological polar surface area (TPSA) is 123 Å². The van der Waals surface area contributed by atoms with Crippen LogP contribution >= 0.6 is 0 Å². The quantitative estimate of drug-likeness (QED) is 0.290. The van der Waals surface area contributed by atoms with E-state index in [1.165, 1.54) is 0 Å². The highest BCUT2D eigenvalue weighted by molar-refractivity contribution is 4.36. The second-order valence-corrected chi connectivity index (χ2v) is 1.94. The molecule has 4 N–H and O–H groups in total. The van der Waals surface area contributed by atoms with E-state index in [1.807, 2.05) is 0 Å². The molecular weight excluding hydrogens is 168 g/mol.